The number of morpholine rings is 1. The van der Waals surface area contributed by atoms with Crippen molar-refractivity contribution < 1.29 is 4.74 Å². The van der Waals surface area contributed by atoms with Gasteiger partial charge in [0, 0.05) is 38.3 Å². The number of hydrogen-bond donors (Lipinski definition) is 1. The van der Waals surface area contributed by atoms with Gasteiger partial charge in [0.25, 0.3) is 0 Å². The summed E-state index contributed by atoms with van der Waals surface area (Å²) in [7, 11) is 0. The van der Waals surface area contributed by atoms with Gasteiger partial charge in [-0.2, -0.15) is 0 Å². The maximum absolute atomic E-state index is 6.03. The zero-order chi connectivity index (χ0) is 13.8. The molecule has 0 aromatic heterocycles. The fraction of sp³-hybridized carbons (Fsp3) is 1.00. The lowest BCUT2D eigenvalue weighted by atomic mass is 9.98. The summed E-state index contributed by atoms with van der Waals surface area (Å²) >= 11 is 0. The quantitative estimate of drug-likeness (QED) is 0.831. The van der Waals surface area contributed by atoms with E-state index in [1.165, 1.54) is 6.54 Å². The minimum Gasteiger partial charge on any atom is -0.374 e. The third-order valence-electron chi connectivity index (χ3n) is 4.34. The van der Waals surface area contributed by atoms with Crippen LogP contribution in [-0.4, -0.2) is 67.3 Å². The van der Waals surface area contributed by atoms with E-state index in [4.69, 9.17) is 10.5 Å². The Labute approximate surface area is 118 Å². The van der Waals surface area contributed by atoms with Crippen molar-refractivity contribution in [1.29, 1.82) is 0 Å². The average molecular weight is 269 g/mol. The first-order valence-electron chi connectivity index (χ1n) is 7.88. The van der Waals surface area contributed by atoms with E-state index in [0.717, 1.165) is 51.5 Å². The second kappa shape index (κ2) is 7.02. The Bertz CT molecular complexity index is 272. The Morgan fingerprint density at radius 1 is 1.32 bits per heavy atom. The Morgan fingerprint density at radius 3 is 2.79 bits per heavy atom. The fourth-order valence-electron chi connectivity index (χ4n) is 3.36. The highest BCUT2D eigenvalue weighted by molar-refractivity contribution is 4.84. The van der Waals surface area contributed by atoms with Gasteiger partial charge in [-0.05, 0) is 32.2 Å². The Hall–Kier alpha value is -0.160. The molecule has 4 nitrogen and oxygen atoms in total. The predicted octanol–water partition coefficient (Wildman–Crippen LogP) is 1.15. The van der Waals surface area contributed by atoms with Crippen LogP contribution in [0.5, 0.6) is 0 Å². The van der Waals surface area contributed by atoms with Crippen molar-refractivity contribution in [2.45, 2.75) is 51.8 Å². The molecule has 2 aliphatic heterocycles. The number of ether oxygens (including phenoxy) is 1. The van der Waals surface area contributed by atoms with E-state index in [1.54, 1.807) is 0 Å². The van der Waals surface area contributed by atoms with Crippen LogP contribution in [0.15, 0.2) is 0 Å². The highest BCUT2D eigenvalue weighted by Crippen LogP contribution is 2.18. The van der Waals surface area contributed by atoms with E-state index >= 15 is 0 Å². The molecule has 2 rings (SSSR count). The summed E-state index contributed by atoms with van der Waals surface area (Å²) in [4.78, 5) is 5.12. The molecular weight excluding hydrogens is 238 g/mol. The molecule has 3 atom stereocenters. The van der Waals surface area contributed by atoms with Crippen LogP contribution in [0.25, 0.3) is 0 Å². The Kier molecular flexibility index (Phi) is 5.63. The van der Waals surface area contributed by atoms with Gasteiger partial charge in [-0.15, -0.1) is 0 Å². The van der Waals surface area contributed by atoms with Crippen LogP contribution in [-0.2, 0) is 4.74 Å². The molecule has 0 saturated carbocycles. The van der Waals surface area contributed by atoms with E-state index in [9.17, 15) is 0 Å². The molecule has 0 amide bonds. The highest BCUT2D eigenvalue weighted by atomic mass is 16.5. The standard InChI is InChI=1S/C15H31N3O/c1-12(2)9-17-6-7-19-15(10-17)11-18-5-4-14(16)8-13(18)3/h12-15H,4-11,16H2,1-3H3. The van der Waals surface area contributed by atoms with Gasteiger partial charge in [-0.25, -0.2) is 0 Å². The maximum atomic E-state index is 6.03. The predicted molar refractivity (Wildman–Crippen MR) is 79.3 cm³/mol. The number of hydrogen-bond acceptors (Lipinski definition) is 4. The third kappa shape index (κ3) is 4.71. The van der Waals surface area contributed by atoms with Crippen molar-refractivity contribution >= 4 is 0 Å². The smallest absolute Gasteiger partial charge is 0.0829 e. The Morgan fingerprint density at radius 2 is 2.11 bits per heavy atom. The molecule has 2 N–H and O–H groups in total. The third-order valence-corrected chi connectivity index (χ3v) is 4.34. The highest BCUT2D eigenvalue weighted by Gasteiger charge is 2.28. The molecule has 2 heterocycles. The van der Waals surface area contributed by atoms with E-state index in [0.29, 0.717) is 18.2 Å². The van der Waals surface area contributed by atoms with Crippen molar-refractivity contribution in [3.05, 3.63) is 0 Å². The summed E-state index contributed by atoms with van der Waals surface area (Å²) in [6.45, 7) is 13.3. The number of piperidine rings is 1. The normalized spacial score (nSPS) is 34.9. The van der Waals surface area contributed by atoms with E-state index in [1.807, 2.05) is 0 Å². The molecule has 0 radical (unpaired) electrons. The molecular formula is C15H31N3O. The zero-order valence-corrected chi connectivity index (χ0v) is 12.8. The number of nitrogens with two attached hydrogens (primary N) is 1. The van der Waals surface area contributed by atoms with E-state index in [-0.39, 0.29) is 0 Å². The summed E-state index contributed by atoms with van der Waals surface area (Å²) in [5, 5.41) is 0. The summed E-state index contributed by atoms with van der Waals surface area (Å²) in [5.41, 5.74) is 6.03. The average Bonchev–Trinajstić information content (AvgIpc) is 2.32. The number of likely N-dealkylation sites (tertiary alicyclic amines) is 1. The first-order valence-corrected chi connectivity index (χ1v) is 7.88. The fourth-order valence-corrected chi connectivity index (χ4v) is 3.36. The lowest BCUT2D eigenvalue weighted by molar-refractivity contribution is -0.0540. The molecule has 2 fully saturated rings. The molecule has 19 heavy (non-hydrogen) atoms. The largest absolute Gasteiger partial charge is 0.374 e. The summed E-state index contributed by atoms with van der Waals surface area (Å²) < 4.78 is 5.95. The van der Waals surface area contributed by atoms with Gasteiger partial charge < -0.3 is 10.5 Å². The van der Waals surface area contributed by atoms with Gasteiger partial charge in [0.2, 0.25) is 0 Å². The van der Waals surface area contributed by atoms with Gasteiger partial charge >= 0.3 is 0 Å². The van der Waals surface area contributed by atoms with E-state index < -0.39 is 0 Å². The molecule has 3 unspecified atom stereocenters. The minimum atomic E-state index is 0.379. The van der Waals surface area contributed by atoms with Gasteiger partial charge in [0.05, 0.1) is 12.7 Å². The van der Waals surface area contributed by atoms with Crippen molar-refractivity contribution in [2.24, 2.45) is 11.7 Å². The van der Waals surface area contributed by atoms with Gasteiger partial charge in [-0.3, -0.25) is 9.80 Å². The van der Waals surface area contributed by atoms with Gasteiger partial charge in [-0.1, -0.05) is 13.8 Å². The summed E-state index contributed by atoms with van der Waals surface area (Å²) in [5.74, 6) is 0.741. The van der Waals surface area contributed by atoms with Crippen molar-refractivity contribution in [2.75, 3.05) is 39.3 Å². The SMILES string of the molecule is CC(C)CN1CCOC(CN2CCC(N)CC2C)C1. The van der Waals surface area contributed by atoms with Crippen LogP contribution in [0.3, 0.4) is 0 Å². The van der Waals surface area contributed by atoms with Crippen molar-refractivity contribution in [3.63, 3.8) is 0 Å². The molecule has 0 aromatic carbocycles. The lowest BCUT2D eigenvalue weighted by Crippen LogP contribution is -2.53. The molecule has 2 saturated heterocycles. The van der Waals surface area contributed by atoms with E-state index in [2.05, 4.69) is 30.6 Å². The van der Waals surface area contributed by atoms with Crippen LogP contribution in [0, 0.1) is 5.92 Å². The van der Waals surface area contributed by atoms with Crippen LogP contribution >= 0.6 is 0 Å². The second-order valence-corrected chi connectivity index (χ2v) is 6.77. The summed E-state index contributed by atoms with van der Waals surface area (Å²) in [6.07, 6.45) is 2.64. The topological polar surface area (TPSA) is 41.7 Å². The Balaban J connectivity index is 1.78. The van der Waals surface area contributed by atoms with Gasteiger partial charge in [0.15, 0.2) is 0 Å². The second-order valence-electron chi connectivity index (χ2n) is 6.77. The summed E-state index contributed by atoms with van der Waals surface area (Å²) in [6, 6.07) is 1.00. The molecule has 0 aromatic rings. The molecule has 112 valence electrons. The first-order chi connectivity index (χ1) is 9.04. The van der Waals surface area contributed by atoms with Crippen LogP contribution in [0.2, 0.25) is 0 Å². The minimum absolute atomic E-state index is 0.379. The van der Waals surface area contributed by atoms with Crippen LogP contribution in [0.4, 0.5) is 0 Å². The van der Waals surface area contributed by atoms with Crippen molar-refractivity contribution in [3.8, 4) is 0 Å². The molecule has 0 aliphatic carbocycles. The van der Waals surface area contributed by atoms with Crippen molar-refractivity contribution in [1.82, 2.24) is 9.80 Å². The van der Waals surface area contributed by atoms with Crippen LogP contribution < -0.4 is 5.73 Å². The monoisotopic (exact) mass is 269 g/mol. The first kappa shape index (κ1) is 15.2. The number of rotatable bonds is 4. The number of nitrogens with zero attached hydrogens (tertiary/aromatic N) is 2. The molecule has 4 heteroatoms. The lowest BCUT2D eigenvalue weighted by Gasteiger charge is -2.41. The maximum Gasteiger partial charge on any atom is 0.0829 e. The van der Waals surface area contributed by atoms with Gasteiger partial charge in [0.1, 0.15) is 0 Å². The van der Waals surface area contributed by atoms with Crippen LogP contribution in [0.1, 0.15) is 33.6 Å². The zero-order valence-electron chi connectivity index (χ0n) is 12.8. The molecule has 0 bridgehead atoms. The molecule has 0 spiro atoms. The molecule has 2 aliphatic rings.